The number of carbonyl (C=O) groups is 1. The van der Waals surface area contributed by atoms with Gasteiger partial charge in [-0.15, -0.1) is 5.11 Å². The summed E-state index contributed by atoms with van der Waals surface area (Å²) in [6, 6.07) is 17.2. The summed E-state index contributed by atoms with van der Waals surface area (Å²) < 4.78 is 10.3. The normalized spacial score (nSPS) is 10.9. The number of ether oxygens (including phenoxy) is 1. The van der Waals surface area contributed by atoms with Gasteiger partial charge in [0.25, 0.3) is 5.91 Å². The molecular formula is C23H17N5O4. The number of hydrogen-bond acceptors (Lipinski definition) is 8. The maximum atomic E-state index is 13.1. The fourth-order valence-electron chi connectivity index (χ4n) is 3.12. The van der Waals surface area contributed by atoms with Crippen LogP contribution in [0.5, 0.6) is 11.5 Å². The van der Waals surface area contributed by atoms with Crippen LogP contribution in [-0.4, -0.2) is 23.1 Å². The molecule has 0 aliphatic carbocycles. The number of benzene rings is 3. The first-order chi connectivity index (χ1) is 15.5. The lowest BCUT2D eigenvalue weighted by Gasteiger charge is -2.12. The maximum Gasteiger partial charge on any atom is 0.342 e. The standard InChI is InChI=1S/C23H17N5O4/c1-13-19(12-24)32-23(25-13)28-27-18-11-14-5-3-4-6-17(14)20(21(18)29)22(30)26-15-7-9-16(31-2)10-8-15/h3-11,29H,1-2H3,(H,26,30). The Morgan fingerprint density at radius 1 is 1.19 bits per heavy atom. The number of nitriles is 1. The van der Waals surface area contributed by atoms with Gasteiger partial charge in [-0.25, -0.2) is 0 Å². The molecule has 1 heterocycles. The fourth-order valence-corrected chi connectivity index (χ4v) is 3.12. The number of methoxy groups -OCH3 is 1. The molecule has 0 unspecified atom stereocenters. The second kappa shape index (κ2) is 8.57. The van der Waals surface area contributed by atoms with Crippen LogP contribution in [-0.2, 0) is 0 Å². The van der Waals surface area contributed by atoms with Crippen molar-refractivity contribution in [3.05, 3.63) is 71.6 Å². The molecule has 3 aromatic carbocycles. The molecule has 4 rings (SSSR count). The van der Waals surface area contributed by atoms with Gasteiger partial charge in [-0.3, -0.25) is 4.79 Å². The zero-order valence-corrected chi connectivity index (χ0v) is 17.2. The molecule has 0 aliphatic rings. The van der Waals surface area contributed by atoms with Gasteiger partial charge in [0.05, 0.1) is 18.4 Å². The van der Waals surface area contributed by atoms with Crippen molar-refractivity contribution < 1.29 is 19.1 Å². The number of rotatable bonds is 5. The Kier molecular flexibility index (Phi) is 5.51. The SMILES string of the molecule is COc1ccc(NC(=O)c2c(O)c(N=Nc3nc(C)c(C#N)o3)cc3ccccc23)cc1. The van der Waals surface area contributed by atoms with E-state index >= 15 is 0 Å². The first-order valence-electron chi connectivity index (χ1n) is 9.49. The van der Waals surface area contributed by atoms with E-state index in [1.165, 1.54) is 0 Å². The number of nitrogens with zero attached hydrogens (tertiary/aromatic N) is 4. The monoisotopic (exact) mass is 427 g/mol. The number of fused-ring (bicyclic) bond motifs is 1. The minimum absolute atomic E-state index is 0.0289. The molecule has 0 radical (unpaired) electrons. The molecule has 2 N–H and O–H groups in total. The summed E-state index contributed by atoms with van der Waals surface area (Å²) in [4.78, 5) is 17.1. The van der Waals surface area contributed by atoms with Gasteiger partial charge in [0.15, 0.2) is 5.75 Å². The van der Waals surface area contributed by atoms with Gasteiger partial charge in [-0.05, 0) is 48.0 Å². The second-order valence-electron chi connectivity index (χ2n) is 6.75. The molecule has 32 heavy (non-hydrogen) atoms. The minimum Gasteiger partial charge on any atom is -0.505 e. The van der Waals surface area contributed by atoms with Gasteiger partial charge in [-0.2, -0.15) is 10.2 Å². The van der Waals surface area contributed by atoms with Gasteiger partial charge in [0.1, 0.15) is 17.5 Å². The van der Waals surface area contributed by atoms with Crippen LogP contribution in [0.4, 0.5) is 17.4 Å². The largest absolute Gasteiger partial charge is 0.505 e. The van der Waals surface area contributed by atoms with Gasteiger partial charge >= 0.3 is 6.01 Å². The number of oxazole rings is 1. The first-order valence-corrected chi connectivity index (χ1v) is 9.49. The summed E-state index contributed by atoms with van der Waals surface area (Å²) >= 11 is 0. The van der Waals surface area contributed by atoms with Crippen LogP contribution in [0.25, 0.3) is 10.8 Å². The van der Waals surface area contributed by atoms with Crippen molar-refractivity contribution in [2.75, 3.05) is 12.4 Å². The van der Waals surface area contributed by atoms with Crippen molar-refractivity contribution in [2.45, 2.75) is 6.92 Å². The molecule has 158 valence electrons. The summed E-state index contributed by atoms with van der Waals surface area (Å²) in [5.41, 5.74) is 1.02. The Bertz CT molecular complexity index is 1380. The van der Waals surface area contributed by atoms with Crippen molar-refractivity contribution in [3.8, 4) is 17.6 Å². The Morgan fingerprint density at radius 2 is 1.94 bits per heavy atom. The van der Waals surface area contributed by atoms with Crippen LogP contribution in [0, 0.1) is 18.3 Å². The molecule has 4 aromatic rings. The number of amides is 1. The first kappa shape index (κ1) is 20.6. The van der Waals surface area contributed by atoms with E-state index in [-0.39, 0.29) is 28.8 Å². The van der Waals surface area contributed by atoms with E-state index in [2.05, 4.69) is 20.5 Å². The van der Waals surface area contributed by atoms with Crippen LogP contribution < -0.4 is 10.1 Å². The van der Waals surface area contributed by atoms with Crippen molar-refractivity contribution >= 4 is 34.1 Å². The van der Waals surface area contributed by atoms with Gasteiger partial charge in [0.2, 0.25) is 5.76 Å². The highest BCUT2D eigenvalue weighted by Gasteiger charge is 2.20. The predicted octanol–water partition coefficient (Wildman–Crippen LogP) is 5.39. The van der Waals surface area contributed by atoms with E-state index in [9.17, 15) is 9.90 Å². The number of aryl methyl sites for hydroxylation is 1. The van der Waals surface area contributed by atoms with Crippen molar-refractivity contribution in [1.82, 2.24) is 4.98 Å². The molecule has 9 nitrogen and oxygen atoms in total. The molecule has 0 saturated carbocycles. The number of aromatic hydroxyl groups is 1. The van der Waals surface area contributed by atoms with Crippen LogP contribution >= 0.6 is 0 Å². The van der Waals surface area contributed by atoms with E-state index in [0.29, 0.717) is 27.9 Å². The number of aromatic nitrogens is 1. The molecule has 0 spiro atoms. The second-order valence-corrected chi connectivity index (χ2v) is 6.75. The number of azo groups is 1. The fraction of sp³-hybridized carbons (Fsp3) is 0.0870. The Labute approximate surface area is 182 Å². The van der Waals surface area contributed by atoms with E-state index in [1.807, 2.05) is 12.1 Å². The third-order valence-corrected chi connectivity index (χ3v) is 4.71. The predicted molar refractivity (Wildman–Crippen MR) is 117 cm³/mol. The van der Waals surface area contributed by atoms with Crippen molar-refractivity contribution in [2.24, 2.45) is 10.2 Å². The highest BCUT2D eigenvalue weighted by molar-refractivity contribution is 6.16. The third kappa shape index (κ3) is 3.97. The van der Waals surface area contributed by atoms with Gasteiger partial charge in [0, 0.05) is 5.69 Å². The molecule has 0 atom stereocenters. The zero-order valence-electron chi connectivity index (χ0n) is 17.2. The molecular weight excluding hydrogens is 410 g/mol. The maximum absolute atomic E-state index is 13.1. The average molecular weight is 427 g/mol. The average Bonchev–Trinajstić information content (AvgIpc) is 3.17. The van der Waals surface area contributed by atoms with E-state index in [1.54, 1.807) is 62.6 Å². The molecule has 0 bridgehead atoms. The highest BCUT2D eigenvalue weighted by atomic mass is 16.5. The number of hydrogen-bond donors (Lipinski definition) is 2. The van der Waals surface area contributed by atoms with Crippen molar-refractivity contribution in [3.63, 3.8) is 0 Å². The lowest BCUT2D eigenvalue weighted by Crippen LogP contribution is -2.12. The molecule has 9 heteroatoms. The topological polar surface area (TPSA) is 133 Å². The van der Waals surface area contributed by atoms with Gasteiger partial charge in [-0.1, -0.05) is 29.4 Å². The van der Waals surface area contributed by atoms with Crippen LogP contribution in [0.1, 0.15) is 21.8 Å². The Morgan fingerprint density at radius 3 is 2.62 bits per heavy atom. The quantitative estimate of drug-likeness (QED) is 0.410. The number of carbonyl (C=O) groups excluding carboxylic acids is 1. The Hall–Kier alpha value is -4.71. The Balaban J connectivity index is 1.74. The lowest BCUT2D eigenvalue weighted by atomic mass is 10.0. The zero-order chi connectivity index (χ0) is 22.7. The summed E-state index contributed by atoms with van der Waals surface area (Å²) in [7, 11) is 1.55. The number of anilines is 1. The molecule has 0 saturated heterocycles. The molecule has 0 aliphatic heterocycles. The smallest absolute Gasteiger partial charge is 0.342 e. The van der Waals surface area contributed by atoms with E-state index in [0.717, 1.165) is 0 Å². The summed E-state index contributed by atoms with van der Waals surface area (Å²) in [5.74, 6) is -0.178. The van der Waals surface area contributed by atoms with Crippen LogP contribution in [0.15, 0.2) is 69.2 Å². The summed E-state index contributed by atoms with van der Waals surface area (Å²) in [6.07, 6.45) is 0. The summed E-state index contributed by atoms with van der Waals surface area (Å²) in [5, 5.41) is 31.7. The van der Waals surface area contributed by atoms with Gasteiger partial charge < -0.3 is 19.6 Å². The molecule has 0 fully saturated rings. The summed E-state index contributed by atoms with van der Waals surface area (Å²) in [6.45, 7) is 1.61. The number of nitrogens with one attached hydrogen (secondary N) is 1. The highest BCUT2D eigenvalue weighted by Crippen LogP contribution is 2.38. The minimum atomic E-state index is -0.514. The molecule has 1 aromatic heterocycles. The van der Waals surface area contributed by atoms with Crippen LogP contribution in [0.2, 0.25) is 0 Å². The van der Waals surface area contributed by atoms with Crippen molar-refractivity contribution in [1.29, 1.82) is 5.26 Å². The van der Waals surface area contributed by atoms with Crippen LogP contribution in [0.3, 0.4) is 0 Å². The molecule has 1 amide bonds. The van der Waals surface area contributed by atoms with E-state index in [4.69, 9.17) is 14.4 Å². The number of phenols is 1. The third-order valence-electron chi connectivity index (χ3n) is 4.71. The van der Waals surface area contributed by atoms with E-state index < -0.39 is 5.91 Å². The number of phenolic OH excluding ortho intramolecular Hbond substituents is 1. The lowest BCUT2D eigenvalue weighted by molar-refractivity contribution is 0.102.